The van der Waals surface area contributed by atoms with E-state index in [2.05, 4.69) is 9.97 Å². The van der Waals surface area contributed by atoms with Crippen molar-refractivity contribution in [1.82, 2.24) is 14.5 Å². The molecule has 0 unspecified atom stereocenters. The van der Waals surface area contributed by atoms with Crippen LogP contribution in [0.4, 0.5) is 0 Å². The molecule has 0 atom stereocenters. The lowest BCUT2D eigenvalue weighted by Gasteiger charge is -2.03. The van der Waals surface area contributed by atoms with Gasteiger partial charge in [-0.05, 0) is 18.6 Å². The lowest BCUT2D eigenvalue weighted by molar-refractivity contribution is 0.186. The van der Waals surface area contributed by atoms with Crippen LogP contribution in [0, 0.1) is 6.92 Å². The number of aromatic amines is 1. The van der Waals surface area contributed by atoms with Gasteiger partial charge < -0.3 is 9.72 Å². The van der Waals surface area contributed by atoms with Crippen LogP contribution in [0.2, 0.25) is 0 Å². The van der Waals surface area contributed by atoms with Gasteiger partial charge in [-0.3, -0.25) is 9.36 Å². The molecule has 1 aromatic carbocycles. The molecule has 3 aromatic rings. The van der Waals surface area contributed by atoms with E-state index in [1.807, 2.05) is 25.1 Å². The molecule has 0 aliphatic heterocycles. The Kier molecular flexibility index (Phi) is 2.83. The minimum absolute atomic E-state index is 0.0593. The Morgan fingerprint density at radius 1 is 1.42 bits per heavy atom. The van der Waals surface area contributed by atoms with Crippen LogP contribution in [-0.4, -0.2) is 28.3 Å². The zero-order valence-corrected chi connectivity index (χ0v) is 10.9. The Morgan fingerprint density at radius 2 is 2.26 bits per heavy atom. The monoisotopic (exact) mass is 257 g/mol. The van der Waals surface area contributed by atoms with Gasteiger partial charge in [-0.1, -0.05) is 12.1 Å². The quantitative estimate of drug-likeness (QED) is 0.778. The molecular weight excluding hydrogens is 242 g/mol. The Labute approximate surface area is 109 Å². The Bertz CT molecular complexity index is 801. The molecule has 5 nitrogen and oxygen atoms in total. The van der Waals surface area contributed by atoms with Gasteiger partial charge in [0.2, 0.25) is 0 Å². The fraction of sp³-hybridized carbons (Fsp3) is 0.286. The van der Waals surface area contributed by atoms with Crippen LogP contribution in [0.3, 0.4) is 0 Å². The number of H-pyrrole nitrogens is 1. The summed E-state index contributed by atoms with van der Waals surface area (Å²) in [5.74, 6) is 0. The first kappa shape index (κ1) is 11.9. The number of hydrogen-bond acceptors (Lipinski definition) is 3. The molecule has 5 heteroatoms. The number of nitrogens with one attached hydrogen (secondary N) is 1. The highest BCUT2D eigenvalue weighted by Gasteiger charge is 2.10. The minimum Gasteiger partial charge on any atom is -0.383 e. The topological polar surface area (TPSA) is 59.9 Å². The molecule has 0 radical (unpaired) electrons. The number of aryl methyl sites for hydroxylation is 1. The van der Waals surface area contributed by atoms with Gasteiger partial charge in [0.15, 0.2) is 0 Å². The van der Waals surface area contributed by atoms with Gasteiger partial charge in [-0.2, -0.15) is 0 Å². The van der Waals surface area contributed by atoms with E-state index < -0.39 is 0 Å². The molecule has 0 amide bonds. The SMILES string of the molecule is COCCn1cnc2c([nH]c3cc(C)ccc32)c1=O. The van der Waals surface area contributed by atoms with E-state index in [1.165, 1.54) is 0 Å². The van der Waals surface area contributed by atoms with E-state index >= 15 is 0 Å². The van der Waals surface area contributed by atoms with Crippen LogP contribution in [-0.2, 0) is 11.3 Å². The van der Waals surface area contributed by atoms with Crippen molar-refractivity contribution in [3.63, 3.8) is 0 Å². The second-order valence-electron chi connectivity index (χ2n) is 4.63. The molecule has 2 aromatic heterocycles. The maximum absolute atomic E-state index is 12.3. The van der Waals surface area contributed by atoms with Gasteiger partial charge in [0.05, 0.1) is 19.5 Å². The summed E-state index contributed by atoms with van der Waals surface area (Å²) in [7, 11) is 1.61. The van der Waals surface area contributed by atoms with E-state index in [-0.39, 0.29) is 5.56 Å². The predicted molar refractivity (Wildman–Crippen MR) is 74.5 cm³/mol. The van der Waals surface area contributed by atoms with Crippen molar-refractivity contribution < 1.29 is 4.74 Å². The molecule has 0 bridgehead atoms. The molecule has 2 heterocycles. The molecule has 0 aliphatic carbocycles. The summed E-state index contributed by atoms with van der Waals surface area (Å²) in [6, 6.07) is 6.04. The molecule has 0 aliphatic rings. The molecule has 0 spiro atoms. The van der Waals surface area contributed by atoms with Crippen LogP contribution in [0.15, 0.2) is 29.3 Å². The first-order valence-corrected chi connectivity index (χ1v) is 6.17. The van der Waals surface area contributed by atoms with Crippen LogP contribution in [0.25, 0.3) is 21.9 Å². The van der Waals surface area contributed by atoms with Gasteiger partial charge in [0, 0.05) is 18.0 Å². The molecule has 0 saturated heterocycles. The number of rotatable bonds is 3. The summed E-state index contributed by atoms with van der Waals surface area (Å²) in [6.45, 7) is 3.02. The number of methoxy groups -OCH3 is 1. The molecule has 3 rings (SSSR count). The standard InChI is InChI=1S/C14H15N3O2/c1-9-3-4-10-11(7-9)16-13-12(10)15-8-17(14(13)18)5-6-19-2/h3-4,7-8,16H,5-6H2,1-2H3. The van der Waals surface area contributed by atoms with Crippen LogP contribution < -0.4 is 5.56 Å². The van der Waals surface area contributed by atoms with E-state index in [0.717, 1.165) is 22.0 Å². The maximum Gasteiger partial charge on any atom is 0.277 e. The summed E-state index contributed by atoms with van der Waals surface area (Å²) in [5.41, 5.74) is 3.33. The first-order chi connectivity index (χ1) is 9.20. The normalized spacial score (nSPS) is 11.5. The van der Waals surface area contributed by atoms with Crippen LogP contribution >= 0.6 is 0 Å². The van der Waals surface area contributed by atoms with E-state index in [9.17, 15) is 4.79 Å². The first-order valence-electron chi connectivity index (χ1n) is 6.17. The highest BCUT2D eigenvalue weighted by Crippen LogP contribution is 2.21. The summed E-state index contributed by atoms with van der Waals surface area (Å²) >= 11 is 0. The molecule has 0 fully saturated rings. The van der Waals surface area contributed by atoms with Crippen molar-refractivity contribution >= 4 is 21.9 Å². The van der Waals surface area contributed by atoms with Crippen molar-refractivity contribution in [3.05, 3.63) is 40.4 Å². The third-order valence-electron chi connectivity index (χ3n) is 3.26. The lowest BCUT2D eigenvalue weighted by atomic mass is 10.2. The largest absolute Gasteiger partial charge is 0.383 e. The smallest absolute Gasteiger partial charge is 0.277 e. The van der Waals surface area contributed by atoms with Crippen LogP contribution in [0.5, 0.6) is 0 Å². The summed E-state index contributed by atoms with van der Waals surface area (Å²) < 4.78 is 6.55. The van der Waals surface area contributed by atoms with Gasteiger partial charge in [0.25, 0.3) is 5.56 Å². The number of aromatic nitrogens is 3. The number of fused-ring (bicyclic) bond motifs is 3. The van der Waals surface area contributed by atoms with Crippen LogP contribution in [0.1, 0.15) is 5.56 Å². The zero-order chi connectivity index (χ0) is 13.4. The van der Waals surface area contributed by atoms with E-state index in [4.69, 9.17) is 4.74 Å². The molecular formula is C14H15N3O2. The van der Waals surface area contributed by atoms with Crippen molar-refractivity contribution in [2.24, 2.45) is 0 Å². The number of ether oxygens (including phenoxy) is 1. The number of hydrogen-bond donors (Lipinski definition) is 1. The van der Waals surface area contributed by atoms with Gasteiger partial charge >= 0.3 is 0 Å². The summed E-state index contributed by atoms with van der Waals surface area (Å²) in [5, 5.41) is 0.983. The molecule has 19 heavy (non-hydrogen) atoms. The molecule has 98 valence electrons. The van der Waals surface area contributed by atoms with E-state index in [1.54, 1.807) is 18.0 Å². The highest BCUT2D eigenvalue weighted by molar-refractivity contribution is 6.04. The average Bonchev–Trinajstić information content (AvgIpc) is 2.76. The Balaban J connectivity index is 2.26. The van der Waals surface area contributed by atoms with Gasteiger partial charge in [-0.25, -0.2) is 4.98 Å². The van der Waals surface area contributed by atoms with Gasteiger partial charge in [0.1, 0.15) is 11.0 Å². The van der Waals surface area contributed by atoms with Crippen molar-refractivity contribution in [1.29, 1.82) is 0 Å². The zero-order valence-electron chi connectivity index (χ0n) is 10.9. The second kappa shape index (κ2) is 4.51. The highest BCUT2D eigenvalue weighted by atomic mass is 16.5. The predicted octanol–water partition coefficient (Wildman–Crippen LogP) is 1.83. The second-order valence-corrected chi connectivity index (χ2v) is 4.63. The fourth-order valence-electron chi connectivity index (χ4n) is 2.26. The summed E-state index contributed by atoms with van der Waals surface area (Å²) in [6.07, 6.45) is 1.58. The van der Waals surface area contributed by atoms with Gasteiger partial charge in [-0.15, -0.1) is 0 Å². The van der Waals surface area contributed by atoms with Crippen molar-refractivity contribution in [2.45, 2.75) is 13.5 Å². The number of benzene rings is 1. The summed E-state index contributed by atoms with van der Waals surface area (Å²) in [4.78, 5) is 19.9. The maximum atomic E-state index is 12.3. The van der Waals surface area contributed by atoms with Crippen molar-refractivity contribution in [3.8, 4) is 0 Å². The third-order valence-corrected chi connectivity index (χ3v) is 3.26. The van der Waals surface area contributed by atoms with E-state index in [0.29, 0.717) is 18.7 Å². The molecule has 0 saturated carbocycles. The van der Waals surface area contributed by atoms with Crippen molar-refractivity contribution in [2.75, 3.05) is 13.7 Å². The minimum atomic E-state index is -0.0593. The molecule has 1 N–H and O–H groups in total. The lowest BCUT2D eigenvalue weighted by Crippen LogP contribution is -2.22. The fourth-order valence-corrected chi connectivity index (χ4v) is 2.26. The Morgan fingerprint density at radius 3 is 3.05 bits per heavy atom. The third kappa shape index (κ3) is 1.92. The Hall–Kier alpha value is -2.14. The average molecular weight is 257 g/mol. The number of nitrogens with zero attached hydrogens (tertiary/aromatic N) is 2.